The molecule has 0 spiro atoms. The molecule has 1 aromatic carbocycles. The molecule has 1 aliphatic heterocycles. The lowest BCUT2D eigenvalue weighted by Gasteiger charge is -2.31. The van der Waals surface area contributed by atoms with Crippen LogP contribution in [0.3, 0.4) is 0 Å². The lowest BCUT2D eigenvalue weighted by atomic mass is 9.75. The van der Waals surface area contributed by atoms with E-state index in [4.69, 9.17) is 9.47 Å². The van der Waals surface area contributed by atoms with E-state index in [9.17, 15) is 14.4 Å². The molecule has 1 aliphatic carbocycles. The molecule has 1 atom stereocenters. The smallest absolute Gasteiger partial charge is 0.241 e. The number of methoxy groups -OCH3 is 2. The Hall–Kier alpha value is -2.41. The van der Waals surface area contributed by atoms with Crippen LogP contribution in [0.4, 0.5) is 0 Å². The van der Waals surface area contributed by atoms with Crippen molar-refractivity contribution in [3.8, 4) is 5.75 Å². The maximum Gasteiger partial charge on any atom is 0.241 e. The molecule has 3 rings (SSSR count). The van der Waals surface area contributed by atoms with Gasteiger partial charge in [-0.15, -0.1) is 0 Å². The van der Waals surface area contributed by atoms with Crippen LogP contribution in [0.15, 0.2) is 24.3 Å². The van der Waals surface area contributed by atoms with Gasteiger partial charge in [-0.05, 0) is 37.7 Å². The number of likely N-dealkylation sites (tertiary alicyclic amines) is 1. The molecule has 0 unspecified atom stereocenters. The molecule has 3 amide bonds. The highest BCUT2D eigenvalue weighted by Gasteiger charge is 2.55. The van der Waals surface area contributed by atoms with Crippen LogP contribution in [0.2, 0.25) is 0 Å². The number of nitrogens with zero attached hydrogens (tertiary/aromatic N) is 2. The summed E-state index contributed by atoms with van der Waals surface area (Å²) in [4.78, 5) is 43.2. The Morgan fingerprint density at radius 2 is 1.97 bits per heavy atom. The fourth-order valence-corrected chi connectivity index (χ4v) is 4.45. The van der Waals surface area contributed by atoms with Crippen LogP contribution < -0.4 is 4.74 Å². The van der Waals surface area contributed by atoms with E-state index in [1.807, 2.05) is 24.0 Å². The number of benzene rings is 1. The van der Waals surface area contributed by atoms with Crippen molar-refractivity contribution in [2.45, 2.75) is 50.9 Å². The summed E-state index contributed by atoms with van der Waals surface area (Å²) in [5, 5.41) is 0. The van der Waals surface area contributed by atoms with Gasteiger partial charge in [-0.1, -0.05) is 25.1 Å². The normalized spacial score (nSPS) is 20.9. The summed E-state index contributed by atoms with van der Waals surface area (Å²) in [6.07, 6.45) is 3.68. The fraction of sp³-hybridized carbons (Fsp3) is 0.625. The minimum atomic E-state index is -1.23. The number of ether oxygens (including phenoxy) is 2. The molecule has 1 saturated carbocycles. The van der Waals surface area contributed by atoms with Gasteiger partial charge in [0.05, 0.1) is 12.5 Å². The average Bonchev–Trinajstić information content (AvgIpc) is 3.55. The Balaban J connectivity index is 1.94. The molecule has 1 aromatic rings. The minimum Gasteiger partial charge on any atom is -0.496 e. The maximum absolute atomic E-state index is 13.7. The number of hydrogen-bond acceptors (Lipinski definition) is 5. The van der Waals surface area contributed by atoms with Crippen molar-refractivity contribution in [1.29, 1.82) is 0 Å². The molecule has 2 aliphatic rings. The van der Waals surface area contributed by atoms with Crippen LogP contribution in [0.5, 0.6) is 5.75 Å². The zero-order valence-electron chi connectivity index (χ0n) is 18.9. The molecule has 2 fully saturated rings. The number of imide groups is 1. The Labute approximate surface area is 184 Å². The molecule has 1 heterocycles. The predicted octanol–water partition coefficient (Wildman–Crippen LogP) is 2.77. The molecule has 0 aromatic heterocycles. The SMILES string of the molecule is CCCN(CC1CC1)C(=O)C[C@@]1(c2ccccc2OC)CC(=O)N(CCCOC)C1=O. The zero-order valence-corrected chi connectivity index (χ0v) is 18.9. The number of hydrogen-bond donors (Lipinski definition) is 0. The molecule has 7 nitrogen and oxygen atoms in total. The number of amides is 3. The summed E-state index contributed by atoms with van der Waals surface area (Å²) in [6.45, 7) is 4.19. The molecule has 0 bridgehead atoms. The van der Waals surface area contributed by atoms with Crippen LogP contribution in [0, 0.1) is 5.92 Å². The second-order valence-corrected chi connectivity index (χ2v) is 8.62. The molecule has 31 heavy (non-hydrogen) atoms. The van der Waals surface area contributed by atoms with Crippen LogP contribution in [-0.2, 0) is 24.5 Å². The van der Waals surface area contributed by atoms with Gasteiger partial charge in [0, 0.05) is 51.8 Å². The first-order chi connectivity index (χ1) is 15.0. The molecular weight excluding hydrogens is 396 g/mol. The van der Waals surface area contributed by atoms with E-state index < -0.39 is 5.41 Å². The van der Waals surface area contributed by atoms with Gasteiger partial charge in [0.15, 0.2) is 0 Å². The van der Waals surface area contributed by atoms with Crippen LogP contribution in [0.1, 0.15) is 51.0 Å². The summed E-state index contributed by atoms with van der Waals surface area (Å²) in [5.41, 5.74) is -0.620. The standard InChI is InChI=1S/C24H34N2O5/c1-4-12-25(17-18-10-11-18)21(27)15-24(19-8-5-6-9-20(19)31-3)16-22(28)26(23(24)29)13-7-14-30-2/h5-6,8-9,18H,4,7,10-17H2,1-3H3/t24-/m0/s1. The van der Waals surface area contributed by atoms with E-state index in [0.29, 0.717) is 36.8 Å². The third kappa shape index (κ3) is 5.09. The van der Waals surface area contributed by atoms with Gasteiger partial charge in [0.25, 0.3) is 0 Å². The van der Waals surface area contributed by atoms with Crippen LogP contribution >= 0.6 is 0 Å². The highest BCUT2D eigenvalue weighted by atomic mass is 16.5. The van der Waals surface area contributed by atoms with Crippen molar-refractivity contribution in [2.24, 2.45) is 5.92 Å². The van der Waals surface area contributed by atoms with E-state index in [2.05, 4.69) is 0 Å². The molecule has 0 radical (unpaired) electrons. The summed E-state index contributed by atoms with van der Waals surface area (Å²) in [5.74, 6) is 0.460. The van der Waals surface area contributed by atoms with Crippen molar-refractivity contribution in [1.82, 2.24) is 9.80 Å². The van der Waals surface area contributed by atoms with Gasteiger partial charge >= 0.3 is 0 Å². The molecular formula is C24H34N2O5. The first kappa shape index (κ1) is 23.3. The average molecular weight is 431 g/mol. The number of carbonyl (C=O) groups excluding carboxylic acids is 3. The van der Waals surface area contributed by atoms with E-state index in [1.165, 1.54) is 4.90 Å². The topological polar surface area (TPSA) is 76.2 Å². The first-order valence-electron chi connectivity index (χ1n) is 11.2. The lowest BCUT2D eigenvalue weighted by molar-refractivity contribution is -0.143. The molecule has 1 saturated heterocycles. The molecule has 170 valence electrons. The van der Waals surface area contributed by atoms with Crippen molar-refractivity contribution in [3.05, 3.63) is 29.8 Å². The van der Waals surface area contributed by atoms with Gasteiger partial charge in [-0.3, -0.25) is 19.3 Å². The Kier molecular flexibility index (Phi) is 7.70. The van der Waals surface area contributed by atoms with Gasteiger partial charge in [-0.25, -0.2) is 0 Å². The van der Waals surface area contributed by atoms with Crippen LogP contribution in [-0.4, -0.2) is 68.0 Å². The first-order valence-corrected chi connectivity index (χ1v) is 11.2. The highest BCUT2D eigenvalue weighted by Crippen LogP contribution is 2.44. The summed E-state index contributed by atoms with van der Waals surface area (Å²) in [6, 6.07) is 7.23. The van der Waals surface area contributed by atoms with Gasteiger partial charge in [0.2, 0.25) is 17.7 Å². The number of rotatable bonds is 12. The van der Waals surface area contributed by atoms with Crippen molar-refractivity contribution < 1.29 is 23.9 Å². The van der Waals surface area contributed by atoms with Crippen LogP contribution in [0.25, 0.3) is 0 Å². The quantitative estimate of drug-likeness (QED) is 0.376. The molecule has 0 N–H and O–H groups in total. The van der Waals surface area contributed by atoms with Crippen molar-refractivity contribution in [2.75, 3.05) is 40.5 Å². The summed E-state index contributed by atoms with van der Waals surface area (Å²) in [7, 11) is 3.13. The van der Waals surface area contributed by atoms with E-state index in [1.54, 1.807) is 26.4 Å². The monoisotopic (exact) mass is 430 g/mol. The maximum atomic E-state index is 13.7. The minimum absolute atomic E-state index is 0.0195. The van der Waals surface area contributed by atoms with Crippen molar-refractivity contribution in [3.63, 3.8) is 0 Å². The van der Waals surface area contributed by atoms with Gasteiger partial charge in [0.1, 0.15) is 5.75 Å². The second-order valence-electron chi connectivity index (χ2n) is 8.62. The van der Waals surface area contributed by atoms with E-state index in [0.717, 1.165) is 25.8 Å². The van der Waals surface area contributed by atoms with Crippen molar-refractivity contribution >= 4 is 17.7 Å². The predicted molar refractivity (Wildman–Crippen MR) is 117 cm³/mol. The van der Waals surface area contributed by atoms with Gasteiger partial charge < -0.3 is 14.4 Å². The third-order valence-electron chi connectivity index (χ3n) is 6.24. The lowest BCUT2D eigenvalue weighted by Crippen LogP contribution is -2.44. The second kappa shape index (κ2) is 10.3. The van der Waals surface area contributed by atoms with E-state index >= 15 is 0 Å². The van der Waals surface area contributed by atoms with Gasteiger partial charge in [-0.2, -0.15) is 0 Å². The number of para-hydroxylation sites is 1. The fourth-order valence-electron chi connectivity index (χ4n) is 4.45. The number of carbonyl (C=O) groups is 3. The third-order valence-corrected chi connectivity index (χ3v) is 6.24. The summed E-state index contributed by atoms with van der Waals surface area (Å²) < 4.78 is 10.6. The zero-order chi connectivity index (χ0) is 22.4. The molecule has 7 heteroatoms. The largest absolute Gasteiger partial charge is 0.496 e. The Morgan fingerprint density at radius 1 is 1.23 bits per heavy atom. The Morgan fingerprint density at radius 3 is 2.61 bits per heavy atom. The summed E-state index contributed by atoms with van der Waals surface area (Å²) >= 11 is 0. The highest BCUT2D eigenvalue weighted by molar-refractivity contribution is 6.11. The van der Waals surface area contributed by atoms with E-state index in [-0.39, 0.29) is 37.1 Å². The Bertz CT molecular complexity index is 807.